The molecule has 1 atom stereocenters. The molecular weight excluding hydrogens is 428 g/mol. The molecule has 1 N–H and O–H groups in total. The van der Waals surface area contributed by atoms with Crippen LogP contribution in [-0.2, 0) is 0 Å². The van der Waals surface area contributed by atoms with Crippen molar-refractivity contribution in [2.24, 2.45) is 0 Å². The summed E-state index contributed by atoms with van der Waals surface area (Å²) in [6, 6.07) is 14.1. The van der Waals surface area contributed by atoms with E-state index in [-0.39, 0.29) is 6.03 Å². The van der Waals surface area contributed by atoms with Crippen LogP contribution in [0, 0.1) is 0 Å². The third-order valence-electron chi connectivity index (χ3n) is 5.17. The van der Waals surface area contributed by atoms with Gasteiger partial charge in [-0.1, -0.05) is 47.1 Å². The summed E-state index contributed by atoms with van der Waals surface area (Å²) in [5, 5.41) is 7.77. The fourth-order valence-electron chi connectivity index (χ4n) is 3.66. The van der Waals surface area contributed by atoms with E-state index >= 15 is 0 Å². The molecule has 164 valence electrons. The van der Waals surface area contributed by atoms with E-state index in [0.29, 0.717) is 35.6 Å². The van der Waals surface area contributed by atoms with Gasteiger partial charge in [0.15, 0.2) is 0 Å². The molecular formula is C24H23ClN4O3. The average molecular weight is 451 g/mol. The molecule has 0 fully saturated rings. The molecule has 0 aliphatic carbocycles. The number of carbonyl (C=O) groups is 1. The molecule has 0 bridgehead atoms. The van der Waals surface area contributed by atoms with E-state index in [0.717, 1.165) is 22.4 Å². The highest BCUT2D eigenvalue weighted by atomic mass is 35.5. The first-order valence-corrected chi connectivity index (χ1v) is 10.6. The van der Waals surface area contributed by atoms with Gasteiger partial charge < -0.3 is 14.6 Å². The molecule has 7 nitrogen and oxygen atoms in total. The zero-order valence-corrected chi connectivity index (χ0v) is 18.6. The minimum Gasteiger partial charge on any atom is -0.494 e. The molecule has 32 heavy (non-hydrogen) atoms. The second-order valence-electron chi connectivity index (χ2n) is 7.22. The number of hydrogen-bond acceptors (Lipinski definition) is 5. The summed E-state index contributed by atoms with van der Waals surface area (Å²) >= 11 is 6.11. The molecule has 1 aliphatic heterocycles. The fourth-order valence-corrected chi connectivity index (χ4v) is 3.85. The van der Waals surface area contributed by atoms with Gasteiger partial charge in [-0.2, -0.15) is 4.98 Å². The zero-order valence-electron chi connectivity index (χ0n) is 17.8. The first-order chi connectivity index (χ1) is 15.5. The predicted octanol–water partition coefficient (Wildman–Crippen LogP) is 5.47. The molecule has 1 aromatic heterocycles. The van der Waals surface area contributed by atoms with E-state index in [1.807, 2.05) is 50.2 Å². The quantitative estimate of drug-likeness (QED) is 0.482. The third kappa shape index (κ3) is 4.24. The summed E-state index contributed by atoms with van der Waals surface area (Å²) in [4.78, 5) is 19.0. The van der Waals surface area contributed by atoms with Gasteiger partial charge in [0, 0.05) is 22.8 Å². The normalized spacial score (nSPS) is 16.2. The number of rotatable bonds is 7. The SMILES string of the molecule is C=CCN1C(=O)NC(c2ccc(OCC)cc2)C(c2nc(-c3cccc(Cl)c3)no2)=C1C. The van der Waals surface area contributed by atoms with Crippen LogP contribution in [0.25, 0.3) is 17.0 Å². The van der Waals surface area contributed by atoms with Crippen molar-refractivity contribution in [3.8, 4) is 17.1 Å². The minimum atomic E-state index is -0.466. The van der Waals surface area contributed by atoms with Crippen molar-refractivity contribution in [1.29, 1.82) is 0 Å². The van der Waals surface area contributed by atoms with E-state index < -0.39 is 6.04 Å². The number of nitrogens with zero attached hydrogens (tertiary/aromatic N) is 3. The van der Waals surface area contributed by atoms with Crippen molar-refractivity contribution in [2.45, 2.75) is 19.9 Å². The molecule has 4 rings (SSSR count). The summed E-state index contributed by atoms with van der Waals surface area (Å²) in [6.07, 6.45) is 1.67. The standard InChI is InChI=1S/C24H23ClN4O3/c1-4-13-29-15(3)20(23-27-22(28-32-23)17-7-6-8-18(25)14-17)21(26-24(29)30)16-9-11-19(12-10-16)31-5-2/h4,6-12,14,21H,1,5,13H2,2-3H3,(H,26,30). The van der Waals surface area contributed by atoms with Crippen LogP contribution in [0.2, 0.25) is 5.02 Å². The van der Waals surface area contributed by atoms with Crippen LogP contribution in [0.15, 0.2) is 71.4 Å². The summed E-state index contributed by atoms with van der Waals surface area (Å²) in [5.74, 6) is 1.50. The molecule has 0 spiro atoms. The van der Waals surface area contributed by atoms with E-state index in [2.05, 4.69) is 22.0 Å². The minimum absolute atomic E-state index is 0.223. The zero-order chi connectivity index (χ0) is 22.7. The first-order valence-electron chi connectivity index (χ1n) is 10.2. The van der Waals surface area contributed by atoms with Gasteiger partial charge in [0.25, 0.3) is 5.89 Å². The van der Waals surface area contributed by atoms with E-state index in [1.54, 1.807) is 23.1 Å². The van der Waals surface area contributed by atoms with Gasteiger partial charge in [-0.3, -0.25) is 4.90 Å². The number of urea groups is 1. The smallest absolute Gasteiger partial charge is 0.322 e. The van der Waals surface area contributed by atoms with Crippen LogP contribution in [-0.4, -0.2) is 34.2 Å². The number of ether oxygens (including phenoxy) is 1. The Hall–Kier alpha value is -3.58. The van der Waals surface area contributed by atoms with Gasteiger partial charge in [-0.15, -0.1) is 6.58 Å². The first kappa shape index (κ1) is 21.6. The lowest BCUT2D eigenvalue weighted by Crippen LogP contribution is -2.46. The van der Waals surface area contributed by atoms with Crippen molar-refractivity contribution < 1.29 is 14.1 Å². The Morgan fingerprint density at radius 3 is 2.75 bits per heavy atom. The van der Waals surface area contributed by atoms with Gasteiger partial charge in [0.05, 0.1) is 18.2 Å². The third-order valence-corrected chi connectivity index (χ3v) is 5.41. The lowest BCUT2D eigenvalue weighted by Gasteiger charge is -2.34. The Morgan fingerprint density at radius 2 is 2.06 bits per heavy atom. The molecule has 0 saturated heterocycles. The summed E-state index contributed by atoms with van der Waals surface area (Å²) < 4.78 is 11.2. The Kier molecular flexibility index (Phi) is 6.28. The molecule has 2 heterocycles. The maximum atomic E-state index is 12.8. The van der Waals surface area contributed by atoms with Crippen molar-refractivity contribution in [3.63, 3.8) is 0 Å². The van der Waals surface area contributed by atoms with Crippen molar-refractivity contribution in [1.82, 2.24) is 20.4 Å². The average Bonchev–Trinajstić information content (AvgIpc) is 3.27. The van der Waals surface area contributed by atoms with Gasteiger partial charge in [-0.05, 0) is 43.7 Å². The highest BCUT2D eigenvalue weighted by molar-refractivity contribution is 6.30. The monoisotopic (exact) mass is 450 g/mol. The number of carbonyl (C=O) groups excluding carboxylic acids is 1. The van der Waals surface area contributed by atoms with Crippen LogP contribution in [0.3, 0.4) is 0 Å². The number of amides is 2. The summed E-state index contributed by atoms with van der Waals surface area (Å²) in [6.45, 7) is 8.48. The number of benzene rings is 2. The summed E-state index contributed by atoms with van der Waals surface area (Å²) in [7, 11) is 0. The Balaban J connectivity index is 1.78. The summed E-state index contributed by atoms with van der Waals surface area (Å²) in [5.41, 5.74) is 3.05. The molecule has 2 amide bonds. The maximum Gasteiger partial charge on any atom is 0.322 e. The molecule has 0 radical (unpaired) electrons. The number of aromatic nitrogens is 2. The van der Waals surface area contributed by atoms with Crippen LogP contribution < -0.4 is 10.1 Å². The largest absolute Gasteiger partial charge is 0.494 e. The highest BCUT2D eigenvalue weighted by Crippen LogP contribution is 2.37. The number of hydrogen-bond donors (Lipinski definition) is 1. The lowest BCUT2D eigenvalue weighted by molar-refractivity contribution is 0.209. The van der Waals surface area contributed by atoms with Crippen LogP contribution >= 0.6 is 11.6 Å². The van der Waals surface area contributed by atoms with Gasteiger partial charge in [0.2, 0.25) is 5.82 Å². The molecule has 0 saturated carbocycles. The Morgan fingerprint density at radius 1 is 1.28 bits per heavy atom. The number of allylic oxidation sites excluding steroid dienone is 1. The number of nitrogens with one attached hydrogen (secondary N) is 1. The van der Waals surface area contributed by atoms with Gasteiger partial charge in [-0.25, -0.2) is 4.79 Å². The Labute approximate surface area is 191 Å². The molecule has 8 heteroatoms. The molecule has 1 unspecified atom stereocenters. The second kappa shape index (κ2) is 9.28. The van der Waals surface area contributed by atoms with E-state index in [9.17, 15) is 4.79 Å². The Bertz CT molecular complexity index is 1170. The van der Waals surface area contributed by atoms with E-state index in [1.165, 1.54) is 0 Å². The van der Waals surface area contributed by atoms with E-state index in [4.69, 9.17) is 20.9 Å². The van der Waals surface area contributed by atoms with Crippen LogP contribution in [0.4, 0.5) is 4.79 Å². The number of halogens is 1. The molecule has 1 aliphatic rings. The maximum absolute atomic E-state index is 12.8. The van der Waals surface area contributed by atoms with Crippen molar-refractivity contribution in [2.75, 3.05) is 13.2 Å². The fraction of sp³-hybridized carbons (Fsp3) is 0.208. The van der Waals surface area contributed by atoms with Gasteiger partial charge in [0.1, 0.15) is 5.75 Å². The predicted molar refractivity (Wildman–Crippen MR) is 123 cm³/mol. The molecule has 2 aromatic carbocycles. The second-order valence-corrected chi connectivity index (χ2v) is 7.65. The molecule has 3 aromatic rings. The van der Waals surface area contributed by atoms with Crippen molar-refractivity contribution in [3.05, 3.63) is 83.4 Å². The van der Waals surface area contributed by atoms with Crippen LogP contribution in [0.1, 0.15) is 31.3 Å². The highest BCUT2D eigenvalue weighted by Gasteiger charge is 2.35. The topological polar surface area (TPSA) is 80.5 Å². The lowest BCUT2D eigenvalue weighted by atomic mass is 9.94. The van der Waals surface area contributed by atoms with Crippen molar-refractivity contribution >= 4 is 23.2 Å². The van der Waals surface area contributed by atoms with Gasteiger partial charge >= 0.3 is 6.03 Å². The van der Waals surface area contributed by atoms with Crippen LogP contribution in [0.5, 0.6) is 5.75 Å².